The number of carbonyl (C=O) groups excluding carboxylic acids is 1. The zero-order chi connectivity index (χ0) is 20.4. The number of amides is 1. The molecular weight excluding hydrogens is 374 g/mol. The van der Waals surface area contributed by atoms with Crippen LogP contribution in [0, 0.1) is 0 Å². The lowest BCUT2D eigenvalue weighted by atomic mass is 10.1. The zero-order valence-corrected chi connectivity index (χ0v) is 16.4. The van der Waals surface area contributed by atoms with E-state index in [0.29, 0.717) is 36.2 Å². The molecule has 8 nitrogen and oxygen atoms in total. The fourth-order valence-electron chi connectivity index (χ4n) is 3.37. The van der Waals surface area contributed by atoms with Crippen molar-refractivity contribution in [2.24, 2.45) is 0 Å². The van der Waals surface area contributed by atoms with Crippen LogP contribution in [0.15, 0.2) is 47.0 Å². The van der Waals surface area contributed by atoms with Crippen molar-refractivity contribution in [3.8, 4) is 28.6 Å². The minimum Gasteiger partial charge on any atom is -0.497 e. The molecule has 0 spiro atoms. The molecule has 8 heteroatoms. The zero-order valence-electron chi connectivity index (χ0n) is 16.4. The van der Waals surface area contributed by atoms with Crippen LogP contribution in [-0.2, 0) is 4.79 Å². The van der Waals surface area contributed by atoms with Crippen molar-refractivity contribution in [3.63, 3.8) is 0 Å². The quantitative estimate of drug-likeness (QED) is 0.633. The van der Waals surface area contributed by atoms with Crippen LogP contribution in [-0.4, -0.2) is 43.9 Å². The monoisotopic (exact) mass is 395 g/mol. The Hall–Kier alpha value is -3.55. The van der Waals surface area contributed by atoms with Gasteiger partial charge in [0.2, 0.25) is 17.6 Å². The maximum atomic E-state index is 12.6. The van der Waals surface area contributed by atoms with Crippen LogP contribution in [0.3, 0.4) is 0 Å². The lowest BCUT2D eigenvalue weighted by molar-refractivity contribution is -0.117. The Bertz CT molecular complexity index is 1020. The first kappa shape index (κ1) is 18.8. The molecule has 0 bridgehead atoms. The summed E-state index contributed by atoms with van der Waals surface area (Å²) in [4.78, 5) is 18.8. The highest BCUT2D eigenvalue weighted by molar-refractivity contribution is 5.96. The van der Waals surface area contributed by atoms with E-state index in [2.05, 4.69) is 10.1 Å². The molecule has 0 aliphatic carbocycles. The molecular formula is C21H21N3O5. The van der Waals surface area contributed by atoms with E-state index >= 15 is 0 Å². The van der Waals surface area contributed by atoms with Gasteiger partial charge >= 0.3 is 0 Å². The Balaban J connectivity index is 1.53. The predicted molar refractivity (Wildman–Crippen MR) is 106 cm³/mol. The molecule has 29 heavy (non-hydrogen) atoms. The smallest absolute Gasteiger partial charge is 0.232 e. The fraction of sp³-hybridized carbons (Fsp3) is 0.286. The van der Waals surface area contributed by atoms with E-state index in [1.165, 1.54) is 0 Å². The number of hydrogen-bond donors (Lipinski definition) is 0. The number of rotatable bonds is 6. The topological polar surface area (TPSA) is 86.9 Å². The van der Waals surface area contributed by atoms with Crippen molar-refractivity contribution in [2.75, 3.05) is 32.8 Å². The van der Waals surface area contributed by atoms with Gasteiger partial charge in [-0.3, -0.25) is 4.79 Å². The van der Waals surface area contributed by atoms with Crippen LogP contribution in [0.25, 0.3) is 11.4 Å². The van der Waals surface area contributed by atoms with E-state index in [9.17, 15) is 4.79 Å². The number of nitrogens with zero attached hydrogens (tertiary/aromatic N) is 3. The Kier molecular flexibility index (Phi) is 5.07. The van der Waals surface area contributed by atoms with Crippen molar-refractivity contribution in [1.29, 1.82) is 0 Å². The van der Waals surface area contributed by atoms with Gasteiger partial charge in [0.15, 0.2) is 11.5 Å². The van der Waals surface area contributed by atoms with Crippen LogP contribution in [0.5, 0.6) is 17.2 Å². The van der Waals surface area contributed by atoms with Crippen LogP contribution >= 0.6 is 0 Å². The number of methoxy groups -OCH3 is 3. The molecule has 2 heterocycles. The van der Waals surface area contributed by atoms with Crippen molar-refractivity contribution >= 4 is 11.6 Å². The standard InChI is InChI=1S/C21H21N3O5/c1-26-16-7-4-13(5-8-16)20-22-21(29-23-20)14-10-19(25)24(12-14)15-6-9-17(27-2)18(11-15)28-3/h4-9,11,14H,10,12H2,1-3H3/t14-/m0/s1. The average Bonchev–Trinajstić information content (AvgIpc) is 3.40. The van der Waals surface area contributed by atoms with E-state index in [-0.39, 0.29) is 11.8 Å². The van der Waals surface area contributed by atoms with Crippen LogP contribution in [0.4, 0.5) is 5.69 Å². The molecule has 2 aromatic carbocycles. The highest BCUT2D eigenvalue weighted by atomic mass is 16.5. The number of aromatic nitrogens is 2. The average molecular weight is 395 g/mol. The molecule has 0 radical (unpaired) electrons. The summed E-state index contributed by atoms with van der Waals surface area (Å²) in [6, 6.07) is 12.8. The Morgan fingerprint density at radius 2 is 1.76 bits per heavy atom. The number of anilines is 1. The minimum absolute atomic E-state index is 0.00795. The summed E-state index contributed by atoms with van der Waals surface area (Å²) in [6.07, 6.45) is 0.304. The van der Waals surface area contributed by atoms with Crippen molar-refractivity contribution < 1.29 is 23.5 Å². The van der Waals surface area contributed by atoms with Gasteiger partial charge in [-0.05, 0) is 36.4 Å². The number of ether oxygens (including phenoxy) is 3. The first-order chi connectivity index (χ1) is 14.1. The Morgan fingerprint density at radius 1 is 1.00 bits per heavy atom. The molecule has 1 amide bonds. The van der Waals surface area contributed by atoms with E-state index in [0.717, 1.165) is 17.0 Å². The molecule has 150 valence electrons. The van der Waals surface area contributed by atoms with Gasteiger partial charge in [0, 0.05) is 30.3 Å². The number of carbonyl (C=O) groups is 1. The van der Waals surface area contributed by atoms with Gasteiger partial charge in [0.05, 0.1) is 27.2 Å². The summed E-state index contributed by atoms with van der Waals surface area (Å²) in [6.45, 7) is 0.457. The molecule has 1 fully saturated rings. The second-order valence-electron chi connectivity index (χ2n) is 6.63. The summed E-state index contributed by atoms with van der Waals surface area (Å²) < 4.78 is 21.2. The first-order valence-corrected chi connectivity index (χ1v) is 9.13. The molecule has 1 atom stereocenters. The Morgan fingerprint density at radius 3 is 2.45 bits per heavy atom. The van der Waals surface area contributed by atoms with Gasteiger partial charge in [-0.2, -0.15) is 4.98 Å². The van der Waals surface area contributed by atoms with E-state index in [1.807, 2.05) is 30.3 Å². The van der Waals surface area contributed by atoms with Crippen LogP contribution < -0.4 is 19.1 Å². The third kappa shape index (κ3) is 3.61. The van der Waals surface area contributed by atoms with Gasteiger partial charge < -0.3 is 23.6 Å². The SMILES string of the molecule is COc1ccc(-c2noc([C@H]3CC(=O)N(c4ccc(OC)c(OC)c4)C3)n2)cc1. The van der Waals surface area contributed by atoms with Crippen molar-refractivity contribution in [3.05, 3.63) is 48.4 Å². The van der Waals surface area contributed by atoms with Gasteiger partial charge in [0.1, 0.15) is 5.75 Å². The largest absolute Gasteiger partial charge is 0.497 e. The summed E-state index contributed by atoms with van der Waals surface area (Å²) in [5.41, 5.74) is 1.56. The summed E-state index contributed by atoms with van der Waals surface area (Å²) in [7, 11) is 4.75. The van der Waals surface area contributed by atoms with Crippen LogP contribution in [0.1, 0.15) is 18.2 Å². The molecule has 1 aromatic heterocycles. The normalized spacial score (nSPS) is 16.2. The minimum atomic E-state index is -0.171. The van der Waals surface area contributed by atoms with Crippen LogP contribution in [0.2, 0.25) is 0 Å². The number of hydrogen-bond acceptors (Lipinski definition) is 7. The third-order valence-electron chi connectivity index (χ3n) is 4.94. The summed E-state index contributed by atoms with van der Waals surface area (Å²) in [5.74, 6) is 2.69. The molecule has 1 aliphatic heterocycles. The third-order valence-corrected chi connectivity index (χ3v) is 4.94. The summed E-state index contributed by atoms with van der Waals surface area (Å²) in [5, 5.41) is 4.07. The number of benzene rings is 2. The van der Waals surface area contributed by atoms with Crippen molar-refractivity contribution in [2.45, 2.75) is 12.3 Å². The maximum Gasteiger partial charge on any atom is 0.232 e. The molecule has 0 N–H and O–H groups in total. The van der Waals surface area contributed by atoms with Gasteiger partial charge in [-0.25, -0.2) is 0 Å². The van der Waals surface area contributed by atoms with E-state index < -0.39 is 0 Å². The van der Waals surface area contributed by atoms with Gasteiger partial charge in [0.25, 0.3) is 0 Å². The lowest BCUT2D eigenvalue weighted by Gasteiger charge is -2.18. The predicted octanol–water partition coefficient (Wildman–Crippen LogP) is 3.28. The van der Waals surface area contributed by atoms with E-state index in [1.54, 1.807) is 38.4 Å². The fourth-order valence-corrected chi connectivity index (χ4v) is 3.37. The van der Waals surface area contributed by atoms with Gasteiger partial charge in [-0.15, -0.1) is 0 Å². The Labute approximate surface area is 168 Å². The molecule has 1 saturated heterocycles. The second kappa shape index (κ2) is 7.83. The maximum absolute atomic E-state index is 12.6. The highest BCUT2D eigenvalue weighted by Gasteiger charge is 2.35. The second-order valence-corrected chi connectivity index (χ2v) is 6.63. The molecule has 0 unspecified atom stereocenters. The highest BCUT2D eigenvalue weighted by Crippen LogP contribution is 2.36. The molecule has 0 saturated carbocycles. The lowest BCUT2D eigenvalue weighted by Crippen LogP contribution is -2.24. The molecule has 4 rings (SSSR count). The molecule has 1 aliphatic rings. The van der Waals surface area contributed by atoms with E-state index in [4.69, 9.17) is 18.7 Å². The van der Waals surface area contributed by atoms with Gasteiger partial charge in [-0.1, -0.05) is 5.16 Å². The first-order valence-electron chi connectivity index (χ1n) is 9.13. The van der Waals surface area contributed by atoms with Crippen molar-refractivity contribution in [1.82, 2.24) is 10.1 Å². The molecule has 3 aromatic rings. The summed E-state index contributed by atoms with van der Waals surface area (Å²) >= 11 is 0.